The van der Waals surface area contributed by atoms with Crippen molar-refractivity contribution in [1.29, 1.82) is 0 Å². The number of aryl methyl sites for hydroxylation is 1. The van der Waals surface area contributed by atoms with Crippen LogP contribution < -0.4 is 5.69 Å². The molecule has 3 aromatic rings. The fourth-order valence-corrected chi connectivity index (χ4v) is 5.66. The Bertz CT molecular complexity index is 1350. The maximum Gasteiger partial charge on any atom is 0.338 e. The molecule has 0 aliphatic heterocycles. The van der Waals surface area contributed by atoms with E-state index < -0.39 is 45.3 Å². The van der Waals surface area contributed by atoms with Crippen molar-refractivity contribution in [1.82, 2.24) is 9.13 Å². The van der Waals surface area contributed by atoms with Crippen molar-refractivity contribution < 1.29 is 28.5 Å². The second-order valence-corrected chi connectivity index (χ2v) is 10.4. The normalized spacial score (nSPS) is 13.5. The lowest BCUT2D eigenvalue weighted by Gasteiger charge is -2.24. The molecule has 3 N–H and O–H groups in total. The lowest BCUT2D eigenvalue weighted by Crippen LogP contribution is -2.50. The summed E-state index contributed by atoms with van der Waals surface area (Å²) in [7, 11) is -4.44. The summed E-state index contributed by atoms with van der Waals surface area (Å²) in [6.07, 6.45) is 2.54. The Kier molecular flexibility index (Phi) is 7.54. The van der Waals surface area contributed by atoms with Crippen LogP contribution >= 0.6 is 11.6 Å². The van der Waals surface area contributed by atoms with Crippen LogP contribution in [0.1, 0.15) is 19.8 Å². The van der Waals surface area contributed by atoms with Crippen molar-refractivity contribution in [2.24, 2.45) is 0 Å². The molecule has 0 fully saturated rings. The molecule has 0 saturated carbocycles. The van der Waals surface area contributed by atoms with E-state index in [4.69, 9.17) is 11.6 Å². The summed E-state index contributed by atoms with van der Waals surface area (Å²) < 4.78 is 28.6. The van der Waals surface area contributed by atoms with Gasteiger partial charge in [-0.1, -0.05) is 61.3 Å². The van der Waals surface area contributed by atoms with Crippen molar-refractivity contribution >= 4 is 27.4 Å². The van der Waals surface area contributed by atoms with Gasteiger partial charge in [0.1, 0.15) is 0 Å². The number of imidazole rings is 1. The molecule has 34 heavy (non-hydrogen) atoms. The molecule has 0 amide bonds. The van der Waals surface area contributed by atoms with Crippen LogP contribution in [0.4, 0.5) is 0 Å². The van der Waals surface area contributed by atoms with E-state index in [1.54, 1.807) is 30.3 Å². The minimum absolute atomic E-state index is 0.110. The zero-order chi connectivity index (χ0) is 25.1. The number of unbranched alkanes of at least 4 members (excludes halogenated alkanes) is 1. The summed E-state index contributed by atoms with van der Waals surface area (Å²) >= 11 is 6.04. The molecule has 0 spiro atoms. The number of aromatic nitrogens is 2. The van der Waals surface area contributed by atoms with E-state index in [0.717, 1.165) is 12.6 Å². The number of carbonyl (C=O) groups is 1. The quantitative estimate of drug-likeness (QED) is 0.382. The van der Waals surface area contributed by atoms with Crippen molar-refractivity contribution in [2.75, 3.05) is 5.75 Å². The van der Waals surface area contributed by atoms with Gasteiger partial charge >= 0.3 is 11.7 Å². The van der Waals surface area contributed by atoms with Gasteiger partial charge < -0.3 is 15.3 Å². The van der Waals surface area contributed by atoms with E-state index in [2.05, 4.69) is 0 Å². The molecule has 0 aliphatic carbocycles. The Balaban J connectivity index is 2.03. The Hall–Kier alpha value is -3.08. The monoisotopic (exact) mass is 508 g/mol. The minimum Gasteiger partial charge on any atom is -0.493 e. The highest BCUT2D eigenvalue weighted by molar-refractivity contribution is 7.91. The molecule has 1 atom stereocenters. The number of hydrogen-bond acceptors (Lipinski definition) is 6. The highest BCUT2D eigenvalue weighted by Crippen LogP contribution is 2.32. The van der Waals surface area contributed by atoms with Crippen LogP contribution in [-0.4, -0.2) is 50.2 Å². The largest absolute Gasteiger partial charge is 0.493 e. The summed E-state index contributed by atoms with van der Waals surface area (Å²) in [5, 5.41) is 30.9. The number of nitrogens with zero attached hydrogens (tertiary/aromatic N) is 2. The van der Waals surface area contributed by atoms with Crippen LogP contribution in [0.15, 0.2) is 64.4 Å². The van der Waals surface area contributed by atoms with Gasteiger partial charge in [0.15, 0.2) is 15.4 Å². The van der Waals surface area contributed by atoms with Gasteiger partial charge in [0.2, 0.25) is 5.88 Å². The van der Waals surface area contributed by atoms with Crippen LogP contribution in [-0.2, 0) is 27.7 Å². The summed E-state index contributed by atoms with van der Waals surface area (Å²) in [6.45, 7) is 1.23. The van der Waals surface area contributed by atoms with Gasteiger partial charge in [-0.25, -0.2) is 18.0 Å². The molecule has 9 nitrogen and oxygen atoms in total. The molecular formula is C23H25ClN2O7S. The van der Waals surface area contributed by atoms with Crippen molar-refractivity contribution in [3.05, 3.63) is 70.2 Å². The molecule has 3 rings (SSSR count). The van der Waals surface area contributed by atoms with Crippen molar-refractivity contribution in [3.63, 3.8) is 0 Å². The zero-order valence-electron chi connectivity index (χ0n) is 18.4. The molecule has 11 heteroatoms. The Labute approximate surface area is 201 Å². The number of rotatable bonds is 10. The Morgan fingerprint density at radius 3 is 2.44 bits per heavy atom. The first kappa shape index (κ1) is 25.5. The smallest absolute Gasteiger partial charge is 0.338 e. The first-order valence-corrected chi connectivity index (χ1v) is 12.5. The highest BCUT2D eigenvalue weighted by atomic mass is 35.5. The maximum atomic E-state index is 13.4. The highest BCUT2D eigenvalue weighted by Gasteiger charge is 2.43. The molecule has 0 aliphatic rings. The summed E-state index contributed by atoms with van der Waals surface area (Å²) in [5.74, 6) is -3.68. The lowest BCUT2D eigenvalue weighted by atomic mass is 10.1. The summed E-state index contributed by atoms with van der Waals surface area (Å²) in [6, 6.07) is 12.7. The second-order valence-electron chi connectivity index (χ2n) is 8.01. The predicted octanol–water partition coefficient (Wildman–Crippen LogP) is 2.77. The fourth-order valence-electron chi connectivity index (χ4n) is 3.59. The van der Waals surface area contributed by atoms with Crippen LogP contribution in [0.2, 0.25) is 5.02 Å². The van der Waals surface area contributed by atoms with E-state index in [-0.39, 0.29) is 22.0 Å². The third-order valence-electron chi connectivity index (χ3n) is 5.39. The number of carboxylic acids is 1. The van der Waals surface area contributed by atoms with Crippen LogP contribution in [0.5, 0.6) is 5.88 Å². The first-order valence-electron chi connectivity index (χ1n) is 10.5. The zero-order valence-corrected chi connectivity index (χ0v) is 20.0. The number of aliphatic hydroxyl groups is 1. The number of carboxylic acid groups (broad SMARTS) is 1. The third kappa shape index (κ3) is 5.35. The molecule has 1 aromatic heterocycles. The van der Waals surface area contributed by atoms with E-state index in [9.17, 15) is 33.3 Å². The van der Waals surface area contributed by atoms with Crippen LogP contribution in [0, 0.1) is 0 Å². The fraction of sp³-hybridized carbons (Fsp3) is 0.304. The van der Waals surface area contributed by atoms with Gasteiger partial charge in [-0.3, -0.25) is 9.13 Å². The number of benzene rings is 2. The lowest BCUT2D eigenvalue weighted by molar-refractivity contribution is -0.157. The molecule has 0 radical (unpaired) electrons. The number of hydrogen-bond donors (Lipinski definition) is 3. The van der Waals surface area contributed by atoms with Gasteiger partial charge in [0.25, 0.3) is 0 Å². The molecule has 0 bridgehead atoms. The van der Waals surface area contributed by atoms with E-state index in [1.165, 1.54) is 22.8 Å². The number of aliphatic carboxylic acids is 1. The van der Waals surface area contributed by atoms with E-state index in [0.29, 0.717) is 16.6 Å². The van der Waals surface area contributed by atoms with Crippen molar-refractivity contribution in [3.8, 4) is 17.0 Å². The standard InChI is InChI=1S/C23H25ClN2O7S/c1-2-3-11-25-13-20(27)26(22(25)30)14-23(31,21(28)29)15-34(32,33)19-12-17(24)9-10-18(19)16-7-5-4-6-8-16/h4-10,12-13,27,31H,2-3,11,14-15H2,1H3,(H,28,29). The third-order valence-corrected chi connectivity index (χ3v) is 7.49. The van der Waals surface area contributed by atoms with Crippen LogP contribution in [0.3, 0.4) is 0 Å². The molecule has 182 valence electrons. The molecule has 0 saturated heterocycles. The van der Waals surface area contributed by atoms with Gasteiger partial charge in [-0.15, -0.1) is 0 Å². The summed E-state index contributed by atoms with van der Waals surface area (Å²) in [4.78, 5) is 24.4. The summed E-state index contributed by atoms with van der Waals surface area (Å²) in [5.41, 5.74) is -2.83. The second kappa shape index (κ2) is 10.0. The number of aromatic hydroxyl groups is 1. The molecule has 2 aromatic carbocycles. The minimum atomic E-state index is -4.44. The van der Waals surface area contributed by atoms with Gasteiger partial charge in [-0.2, -0.15) is 0 Å². The van der Waals surface area contributed by atoms with Crippen molar-refractivity contribution in [2.45, 2.75) is 43.4 Å². The maximum absolute atomic E-state index is 13.4. The average Bonchev–Trinajstić information content (AvgIpc) is 3.05. The van der Waals surface area contributed by atoms with E-state index >= 15 is 0 Å². The predicted molar refractivity (Wildman–Crippen MR) is 127 cm³/mol. The van der Waals surface area contributed by atoms with Crippen LogP contribution in [0.25, 0.3) is 11.1 Å². The molecular weight excluding hydrogens is 484 g/mol. The van der Waals surface area contributed by atoms with Gasteiger partial charge in [0.05, 0.1) is 23.4 Å². The van der Waals surface area contributed by atoms with Gasteiger partial charge in [0, 0.05) is 17.1 Å². The van der Waals surface area contributed by atoms with Gasteiger partial charge in [-0.05, 0) is 24.1 Å². The molecule has 1 heterocycles. The Morgan fingerprint density at radius 2 is 1.82 bits per heavy atom. The topological polar surface area (TPSA) is 139 Å². The first-order chi connectivity index (χ1) is 16.0. The van der Waals surface area contributed by atoms with E-state index in [1.807, 2.05) is 6.92 Å². The molecule has 1 unspecified atom stereocenters. The Morgan fingerprint density at radius 1 is 1.15 bits per heavy atom. The SMILES string of the molecule is CCCCn1cc(O)n(CC(O)(CS(=O)(=O)c2cc(Cl)ccc2-c2ccccc2)C(=O)O)c1=O. The number of halogens is 1. The number of sulfone groups is 1. The average molecular weight is 509 g/mol.